The number of furan rings is 1. The Kier molecular flexibility index (Phi) is 6.41. The molecule has 3 rings (SSSR count). The number of aromatic nitrogens is 2. The molecule has 1 aromatic carbocycles. The Morgan fingerprint density at radius 2 is 2.00 bits per heavy atom. The number of nitrogens with zero attached hydrogens (tertiary/aromatic N) is 3. The minimum atomic E-state index is -0.238. The third kappa shape index (κ3) is 5.77. The summed E-state index contributed by atoms with van der Waals surface area (Å²) in [4.78, 5) is 20.5. The maximum absolute atomic E-state index is 11.9. The summed E-state index contributed by atoms with van der Waals surface area (Å²) < 4.78 is 6.69. The van der Waals surface area contributed by atoms with E-state index in [1.165, 1.54) is 18.0 Å². The Balaban J connectivity index is 1.52. The van der Waals surface area contributed by atoms with Crippen molar-refractivity contribution in [3.8, 4) is 11.3 Å². The van der Waals surface area contributed by atoms with Crippen LogP contribution in [0.15, 0.2) is 61.6 Å². The Morgan fingerprint density at radius 3 is 2.74 bits per heavy atom. The van der Waals surface area contributed by atoms with Gasteiger partial charge in [-0.2, -0.15) is 5.10 Å². The summed E-state index contributed by atoms with van der Waals surface area (Å²) in [6.07, 6.45) is 1.47. The molecule has 0 aliphatic heterocycles. The summed E-state index contributed by atoms with van der Waals surface area (Å²) in [5.41, 5.74) is 5.19. The van der Waals surface area contributed by atoms with Gasteiger partial charge in [0.15, 0.2) is 5.16 Å². The molecule has 0 aliphatic carbocycles. The number of hydrogen-bond acceptors (Lipinski definition) is 6. The first kappa shape index (κ1) is 19.3. The van der Waals surface area contributed by atoms with Crippen molar-refractivity contribution in [2.24, 2.45) is 5.10 Å². The van der Waals surface area contributed by atoms with Crippen molar-refractivity contribution >= 4 is 39.8 Å². The number of nitrogens with one attached hydrogen (secondary N) is 1. The molecule has 0 saturated carbocycles. The van der Waals surface area contributed by atoms with Gasteiger partial charge >= 0.3 is 0 Å². The number of hydrazone groups is 1. The van der Waals surface area contributed by atoms with Gasteiger partial charge in [-0.05, 0) is 44.2 Å². The molecule has 1 amide bonds. The molecule has 0 saturated heterocycles. The summed E-state index contributed by atoms with van der Waals surface area (Å²) in [6, 6.07) is 13.4. The Morgan fingerprint density at radius 1 is 1.22 bits per heavy atom. The highest BCUT2D eigenvalue weighted by atomic mass is 79.9. The van der Waals surface area contributed by atoms with Crippen LogP contribution < -0.4 is 5.43 Å². The highest BCUT2D eigenvalue weighted by molar-refractivity contribution is 9.10. The van der Waals surface area contributed by atoms with E-state index >= 15 is 0 Å². The number of carbonyl (C=O) groups excluding carboxylic acids is 1. The fraction of sp³-hybridized carbons (Fsp3) is 0.158. The molecule has 2 heterocycles. The number of thioether (sulfide) groups is 1. The van der Waals surface area contributed by atoms with Gasteiger partial charge in [-0.3, -0.25) is 4.79 Å². The molecule has 27 heavy (non-hydrogen) atoms. The van der Waals surface area contributed by atoms with Crippen molar-refractivity contribution in [1.29, 1.82) is 0 Å². The molecule has 138 valence electrons. The van der Waals surface area contributed by atoms with Gasteiger partial charge in [0, 0.05) is 21.4 Å². The molecule has 2 aromatic heterocycles. The van der Waals surface area contributed by atoms with Crippen molar-refractivity contribution < 1.29 is 9.21 Å². The van der Waals surface area contributed by atoms with Crippen LogP contribution in [0.4, 0.5) is 0 Å². The number of hydrogen-bond donors (Lipinski definition) is 1. The SMILES string of the molecule is Cc1cc(C)nc(SCC(=O)N/N=C\c2ccc(-c3cccc(Br)c3)o2)n1. The van der Waals surface area contributed by atoms with Crippen LogP contribution in [0.1, 0.15) is 17.1 Å². The standard InChI is InChI=1S/C19H17BrN4O2S/c1-12-8-13(2)23-19(22-12)27-11-18(25)24-21-10-16-6-7-17(26-16)14-4-3-5-15(20)9-14/h3-10H,11H2,1-2H3,(H,24,25)/b21-10-. The number of aryl methyl sites for hydroxylation is 2. The minimum Gasteiger partial charge on any atom is -0.455 e. The van der Waals surface area contributed by atoms with Crippen molar-refractivity contribution in [3.63, 3.8) is 0 Å². The molecule has 8 heteroatoms. The van der Waals surface area contributed by atoms with E-state index in [0.29, 0.717) is 10.9 Å². The zero-order chi connectivity index (χ0) is 19.2. The maximum atomic E-state index is 11.9. The summed E-state index contributed by atoms with van der Waals surface area (Å²) in [5.74, 6) is 1.22. The van der Waals surface area contributed by atoms with Crippen molar-refractivity contribution in [3.05, 3.63) is 64.1 Å². The van der Waals surface area contributed by atoms with E-state index in [1.54, 1.807) is 6.07 Å². The van der Waals surface area contributed by atoms with Crippen LogP contribution in [0.2, 0.25) is 0 Å². The molecule has 0 unspecified atom stereocenters. The molecule has 1 N–H and O–H groups in total. The maximum Gasteiger partial charge on any atom is 0.250 e. The van der Waals surface area contributed by atoms with E-state index < -0.39 is 0 Å². The highest BCUT2D eigenvalue weighted by Crippen LogP contribution is 2.24. The Hall–Kier alpha value is -2.45. The van der Waals surface area contributed by atoms with Crippen LogP contribution in [-0.4, -0.2) is 27.8 Å². The molecule has 0 bridgehead atoms. The van der Waals surface area contributed by atoms with Gasteiger partial charge in [0.1, 0.15) is 11.5 Å². The Bertz CT molecular complexity index is 967. The molecular formula is C19H17BrN4O2S. The predicted molar refractivity (Wildman–Crippen MR) is 110 cm³/mol. The van der Waals surface area contributed by atoms with Gasteiger partial charge in [-0.15, -0.1) is 0 Å². The molecular weight excluding hydrogens is 428 g/mol. The van der Waals surface area contributed by atoms with Crippen molar-refractivity contribution in [1.82, 2.24) is 15.4 Å². The average molecular weight is 445 g/mol. The fourth-order valence-corrected chi connectivity index (χ4v) is 3.45. The third-order valence-corrected chi connectivity index (χ3v) is 4.75. The van der Waals surface area contributed by atoms with E-state index in [1.807, 2.05) is 50.2 Å². The molecule has 0 aliphatic rings. The van der Waals surface area contributed by atoms with Crippen LogP contribution in [0, 0.1) is 13.8 Å². The number of amides is 1. The van der Waals surface area contributed by atoms with E-state index in [0.717, 1.165) is 27.2 Å². The average Bonchev–Trinajstić information content (AvgIpc) is 3.08. The zero-order valence-electron chi connectivity index (χ0n) is 14.8. The van der Waals surface area contributed by atoms with Crippen LogP contribution in [-0.2, 0) is 4.79 Å². The molecule has 0 radical (unpaired) electrons. The molecule has 0 spiro atoms. The Labute approximate surface area is 169 Å². The van der Waals surface area contributed by atoms with Crippen LogP contribution in [0.25, 0.3) is 11.3 Å². The van der Waals surface area contributed by atoms with Crippen molar-refractivity contribution in [2.75, 3.05) is 5.75 Å². The molecule has 0 atom stereocenters. The molecule has 6 nitrogen and oxygen atoms in total. The molecule has 3 aromatic rings. The second-order valence-electron chi connectivity index (χ2n) is 5.73. The number of benzene rings is 1. The number of rotatable bonds is 6. The normalized spacial score (nSPS) is 11.1. The van der Waals surface area contributed by atoms with Gasteiger partial charge in [0.25, 0.3) is 5.91 Å². The summed E-state index contributed by atoms with van der Waals surface area (Å²) in [5, 5.41) is 4.51. The fourth-order valence-electron chi connectivity index (χ4n) is 2.31. The number of carbonyl (C=O) groups is 1. The van der Waals surface area contributed by atoms with E-state index in [9.17, 15) is 4.79 Å². The van der Waals surface area contributed by atoms with Gasteiger partial charge in [0.2, 0.25) is 0 Å². The van der Waals surface area contributed by atoms with Crippen LogP contribution >= 0.6 is 27.7 Å². The first-order valence-corrected chi connectivity index (χ1v) is 9.90. The zero-order valence-corrected chi connectivity index (χ0v) is 17.2. The van der Waals surface area contributed by atoms with Crippen molar-refractivity contribution in [2.45, 2.75) is 19.0 Å². The smallest absolute Gasteiger partial charge is 0.250 e. The minimum absolute atomic E-state index is 0.182. The second-order valence-corrected chi connectivity index (χ2v) is 7.59. The lowest BCUT2D eigenvalue weighted by Gasteiger charge is -2.02. The summed E-state index contributed by atoms with van der Waals surface area (Å²) in [6.45, 7) is 3.80. The lowest BCUT2D eigenvalue weighted by Crippen LogP contribution is -2.19. The lowest BCUT2D eigenvalue weighted by molar-refractivity contribution is -0.118. The van der Waals surface area contributed by atoms with Gasteiger partial charge in [-0.1, -0.05) is 39.8 Å². The quantitative estimate of drug-likeness (QED) is 0.264. The lowest BCUT2D eigenvalue weighted by atomic mass is 10.2. The first-order valence-electron chi connectivity index (χ1n) is 8.12. The van der Waals surface area contributed by atoms with Crippen LogP contribution in [0.5, 0.6) is 0 Å². The van der Waals surface area contributed by atoms with E-state index in [2.05, 4.69) is 36.4 Å². The third-order valence-electron chi connectivity index (χ3n) is 3.41. The number of halogens is 1. The summed E-state index contributed by atoms with van der Waals surface area (Å²) in [7, 11) is 0. The second kappa shape index (κ2) is 8.96. The van der Waals surface area contributed by atoms with E-state index in [-0.39, 0.29) is 11.7 Å². The molecule has 0 fully saturated rings. The monoisotopic (exact) mass is 444 g/mol. The van der Waals surface area contributed by atoms with Crippen LogP contribution in [0.3, 0.4) is 0 Å². The topological polar surface area (TPSA) is 80.4 Å². The van der Waals surface area contributed by atoms with Gasteiger partial charge in [-0.25, -0.2) is 15.4 Å². The van der Waals surface area contributed by atoms with Gasteiger partial charge < -0.3 is 4.42 Å². The summed E-state index contributed by atoms with van der Waals surface area (Å²) >= 11 is 4.71. The largest absolute Gasteiger partial charge is 0.455 e. The first-order chi connectivity index (χ1) is 13.0. The highest BCUT2D eigenvalue weighted by Gasteiger charge is 2.06. The van der Waals surface area contributed by atoms with Gasteiger partial charge in [0.05, 0.1) is 12.0 Å². The van der Waals surface area contributed by atoms with E-state index in [4.69, 9.17) is 4.42 Å². The predicted octanol–water partition coefficient (Wildman–Crippen LogP) is 4.36.